The summed E-state index contributed by atoms with van der Waals surface area (Å²) in [5, 5.41) is 6.44. The van der Waals surface area contributed by atoms with Crippen molar-refractivity contribution in [3.05, 3.63) is 101 Å². The third-order valence-electron chi connectivity index (χ3n) is 7.03. The molecule has 3 aromatic carbocycles. The molecular weight excluding hydrogens is 480 g/mol. The standard InChI is InChI=1S/C30H24N4O4/c1-17-9-11-19(12-10-17)34-29(36)24(22-16-31-23-14-13-20(38-3)15-21(22)23)25(30(34)37)26-27(32-33(2)28(26)35)18-7-5-4-6-8-18/h4-16,26,31H,1-3H3/t26-/m1/s1. The molecule has 0 aliphatic carbocycles. The molecule has 0 saturated heterocycles. The van der Waals surface area contributed by atoms with Gasteiger partial charge in [-0.3, -0.25) is 14.4 Å². The SMILES string of the molecule is COc1ccc2[nH]cc(C3=C([C@H]4C(=O)N(C)N=C4c4ccccc4)C(=O)N(c4ccc(C)cc4)C3=O)c2c1. The van der Waals surface area contributed by atoms with Gasteiger partial charge in [-0.25, -0.2) is 9.91 Å². The number of benzene rings is 3. The number of amides is 3. The summed E-state index contributed by atoms with van der Waals surface area (Å²) >= 11 is 0. The molecule has 6 rings (SSSR count). The average Bonchev–Trinajstić information content (AvgIpc) is 3.56. The van der Waals surface area contributed by atoms with Gasteiger partial charge in [-0.1, -0.05) is 48.0 Å². The molecule has 8 heteroatoms. The molecule has 1 N–H and O–H groups in total. The number of anilines is 1. The highest BCUT2D eigenvalue weighted by molar-refractivity contribution is 6.48. The highest BCUT2D eigenvalue weighted by Gasteiger charge is 2.50. The van der Waals surface area contributed by atoms with Crippen LogP contribution in [0.2, 0.25) is 0 Å². The maximum absolute atomic E-state index is 14.2. The molecule has 0 unspecified atom stereocenters. The quantitative estimate of drug-likeness (QED) is 0.410. The lowest BCUT2D eigenvalue weighted by Gasteiger charge is -2.17. The molecule has 3 amide bonds. The number of nitrogens with zero attached hydrogens (tertiary/aromatic N) is 3. The number of ether oxygens (including phenoxy) is 1. The molecule has 2 aliphatic rings. The molecule has 2 aliphatic heterocycles. The Morgan fingerprint density at radius 1 is 0.921 bits per heavy atom. The average molecular weight is 505 g/mol. The normalized spacial score (nSPS) is 17.7. The number of aryl methyl sites for hydroxylation is 1. The van der Waals surface area contributed by atoms with Crippen molar-refractivity contribution in [3.63, 3.8) is 0 Å². The minimum Gasteiger partial charge on any atom is -0.497 e. The zero-order chi connectivity index (χ0) is 26.6. The molecule has 188 valence electrons. The number of methoxy groups -OCH3 is 1. The maximum Gasteiger partial charge on any atom is 0.266 e. The Hall–Kier alpha value is -4.98. The molecular formula is C30H24N4O4. The zero-order valence-corrected chi connectivity index (χ0v) is 21.1. The number of rotatable bonds is 5. The number of carbonyl (C=O) groups is 3. The van der Waals surface area contributed by atoms with Crippen LogP contribution >= 0.6 is 0 Å². The molecule has 1 atom stereocenters. The Morgan fingerprint density at radius 2 is 1.66 bits per heavy atom. The van der Waals surface area contributed by atoms with Crippen molar-refractivity contribution in [2.24, 2.45) is 11.0 Å². The van der Waals surface area contributed by atoms with Crippen molar-refractivity contribution < 1.29 is 19.1 Å². The van der Waals surface area contributed by atoms with Gasteiger partial charge in [0.25, 0.3) is 17.7 Å². The molecule has 4 aromatic rings. The fourth-order valence-electron chi connectivity index (χ4n) is 5.10. The van der Waals surface area contributed by atoms with E-state index in [-0.39, 0.29) is 17.1 Å². The summed E-state index contributed by atoms with van der Waals surface area (Å²) in [6, 6.07) is 21.9. The third-order valence-corrected chi connectivity index (χ3v) is 7.03. The van der Waals surface area contributed by atoms with Crippen molar-refractivity contribution in [2.45, 2.75) is 6.92 Å². The summed E-state index contributed by atoms with van der Waals surface area (Å²) in [4.78, 5) is 46.2. The largest absolute Gasteiger partial charge is 0.497 e. The van der Waals surface area contributed by atoms with Crippen LogP contribution in [-0.2, 0) is 14.4 Å². The van der Waals surface area contributed by atoms with Gasteiger partial charge in [-0.05, 0) is 42.8 Å². The van der Waals surface area contributed by atoms with Gasteiger partial charge in [0.1, 0.15) is 11.7 Å². The van der Waals surface area contributed by atoms with Gasteiger partial charge < -0.3 is 9.72 Å². The van der Waals surface area contributed by atoms with Gasteiger partial charge in [-0.15, -0.1) is 0 Å². The molecule has 0 fully saturated rings. The van der Waals surface area contributed by atoms with Crippen LogP contribution in [0.15, 0.2) is 89.7 Å². The van der Waals surface area contributed by atoms with E-state index in [2.05, 4.69) is 10.1 Å². The summed E-state index contributed by atoms with van der Waals surface area (Å²) in [6.45, 7) is 1.93. The lowest BCUT2D eigenvalue weighted by Crippen LogP contribution is -2.35. The van der Waals surface area contributed by atoms with Gasteiger partial charge in [0.2, 0.25) is 0 Å². The summed E-state index contributed by atoms with van der Waals surface area (Å²) in [7, 11) is 3.12. The molecule has 0 saturated carbocycles. The number of carbonyl (C=O) groups excluding carboxylic acids is 3. The molecule has 0 radical (unpaired) electrons. The second kappa shape index (κ2) is 8.85. The predicted molar refractivity (Wildman–Crippen MR) is 145 cm³/mol. The van der Waals surface area contributed by atoms with E-state index in [1.807, 2.05) is 67.6 Å². The Bertz CT molecular complexity index is 1680. The molecule has 38 heavy (non-hydrogen) atoms. The summed E-state index contributed by atoms with van der Waals surface area (Å²) < 4.78 is 5.42. The van der Waals surface area contributed by atoms with Crippen LogP contribution in [0.25, 0.3) is 16.5 Å². The lowest BCUT2D eigenvalue weighted by molar-refractivity contribution is -0.130. The van der Waals surface area contributed by atoms with E-state index in [1.54, 1.807) is 32.5 Å². The number of fused-ring (bicyclic) bond motifs is 1. The summed E-state index contributed by atoms with van der Waals surface area (Å²) in [6.07, 6.45) is 1.70. The van der Waals surface area contributed by atoms with Gasteiger partial charge in [0.15, 0.2) is 0 Å². The number of hydrazone groups is 1. The van der Waals surface area contributed by atoms with E-state index in [9.17, 15) is 14.4 Å². The Balaban J connectivity index is 1.61. The first-order chi connectivity index (χ1) is 18.4. The van der Waals surface area contributed by atoms with Crippen LogP contribution in [0, 0.1) is 12.8 Å². The lowest BCUT2D eigenvalue weighted by atomic mass is 9.85. The monoisotopic (exact) mass is 504 g/mol. The maximum atomic E-state index is 14.2. The number of hydrogen-bond acceptors (Lipinski definition) is 5. The van der Waals surface area contributed by atoms with Crippen molar-refractivity contribution in [1.29, 1.82) is 0 Å². The van der Waals surface area contributed by atoms with Gasteiger partial charge in [0, 0.05) is 29.7 Å². The highest BCUT2D eigenvalue weighted by Crippen LogP contribution is 2.42. The number of H-pyrrole nitrogens is 1. The highest BCUT2D eigenvalue weighted by atomic mass is 16.5. The van der Waals surface area contributed by atoms with Crippen LogP contribution in [0.4, 0.5) is 5.69 Å². The van der Waals surface area contributed by atoms with E-state index in [4.69, 9.17) is 4.74 Å². The second-order valence-corrected chi connectivity index (χ2v) is 9.33. The fourth-order valence-corrected chi connectivity index (χ4v) is 5.10. The number of nitrogens with one attached hydrogen (secondary N) is 1. The molecule has 0 spiro atoms. The van der Waals surface area contributed by atoms with Crippen molar-refractivity contribution >= 4 is 45.6 Å². The van der Waals surface area contributed by atoms with E-state index < -0.39 is 17.7 Å². The van der Waals surface area contributed by atoms with Crippen LogP contribution in [0.5, 0.6) is 5.75 Å². The summed E-state index contributed by atoms with van der Waals surface area (Å²) in [5.41, 5.74) is 4.14. The zero-order valence-electron chi connectivity index (χ0n) is 21.1. The third kappa shape index (κ3) is 3.53. The van der Waals surface area contributed by atoms with E-state index in [0.717, 1.165) is 16.0 Å². The Morgan fingerprint density at radius 3 is 2.37 bits per heavy atom. The first-order valence-corrected chi connectivity index (χ1v) is 12.2. The van der Waals surface area contributed by atoms with Crippen LogP contribution in [-0.4, -0.2) is 47.6 Å². The van der Waals surface area contributed by atoms with Gasteiger partial charge in [-0.2, -0.15) is 5.10 Å². The van der Waals surface area contributed by atoms with Crippen LogP contribution < -0.4 is 9.64 Å². The van der Waals surface area contributed by atoms with E-state index >= 15 is 0 Å². The molecule has 1 aromatic heterocycles. The first kappa shape index (κ1) is 23.4. The Kier molecular flexibility index (Phi) is 5.45. The van der Waals surface area contributed by atoms with Crippen molar-refractivity contribution in [3.8, 4) is 5.75 Å². The number of aromatic nitrogens is 1. The number of aromatic amines is 1. The Labute approximate surface area is 218 Å². The second-order valence-electron chi connectivity index (χ2n) is 9.33. The van der Waals surface area contributed by atoms with E-state index in [0.29, 0.717) is 33.7 Å². The molecule has 0 bridgehead atoms. The minimum atomic E-state index is -1.04. The summed E-state index contributed by atoms with van der Waals surface area (Å²) in [5.74, 6) is -1.84. The molecule has 8 nitrogen and oxygen atoms in total. The van der Waals surface area contributed by atoms with Crippen molar-refractivity contribution in [1.82, 2.24) is 9.99 Å². The van der Waals surface area contributed by atoms with Gasteiger partial charge in [0.05, 0.1) is 29.7 Å². The minimum absolute atomic E-state index is 0.108. The number of imide groups is 1. The van der Waals surface area contributed by atoms with Crippen molar-refractivity contribution in [2.75, 3.05) is 19.1 Å². The topological polar surface area (TPSA) is 95.1 Å². The van der Waals surface area contributed by atoms with E-state index in [1.165, 1.54) is 5.01 Å². The van der Waals surface area contributed by atoms with Gasteiger partial charge >= 0.3 is 0 Å². The first-order valence-electron chi connectivity index (χ1n) is 12.2. The van der Waals surface area contributed by atoms with Crippen LogP contribution in [0.1, 0.15) is 16.7 Å². The smallest absolute Gasteiger partial charge is 0.266 e. The fraction of sp³-hybridized carbons (Fsp3) is 0.133. The molecule has 3 heterocycles. The van der Waals surface area contributed by atoms with Crippen LogP contribution in [0.3, 0.4) is 0 Å². The number of hydrogen-bond donors (Lipinski definition) is 1. The predicted octanol–water partition coefficient (Wildman–Crippen LogP) is 4.30.